The average molecular weight is 641 g/mol. The smallest absolute Gasteiger partial charge is 0.160 e. The van der Waals surface area contributed by atoms with E-state index in [2.05, 4.69) is 146 Å². The van der Waals surface area contributed by atoms with Crippen LogP contribution >= 0.6 is 11.3 Å². The lowest BCUT2D eigenvalue weighted by Gasteiger charge is -2.16. The summed E-state index contributed by atoms with van der Waals surface area (Å²) in [6, 6.07) is 60.8. The molecule has 0 saturated carbocycles. The number of hydrogen-bond acceptors (Lipinski definition) is 3. The highest BCUT2D eigenvalue weighted by molar-refractivity contribution is 7.25. The Hall–Kier alpha value is -6.16. The number of fused-ring (bicyclic) bond motifs is 9. The van der Waals surface area contributed by atoms with Crippen LogP contribution in [0.5, 0.6) is 0 Å². The van der Waals surface area contributed by atoms with Crippen molar-refractivity contribution in [1.82, 2.24) is 9.97 Å². The molecule has 0 atom stereocenters. The molecule has 49 heavy (non-hydrogen) atoms. The summed E-state index contributed by atoms with van der Waals surface area (Å²) in [5.74, 6) is 0.719. The summed E-state index contributed by atoms with van der Waals surface area (Å²) in [7, 11) is 0. The van der Waals surface area contributed by atoms with Crippen molar-refractivity contribution in [2.45, 2.75) is 0 Å². The van der Waals surface area contributed by atoms with Crippen molar-refractivity contribution in [3.05, 3.63) is 170 Å². The van der Waals surface area contributed by atoms with Gasteiger partial charge >= 0.3 is 0 Å². The van der Waals surface area contributed by atoms with E-state index in [1.165, 1.54) is 63.6 Å². The zero-order valence-corrected chi connectivity index (χ0v) is 27.3. The van der Waals surface area contributed by atoms with Crippen LogP contribution in [0.4, 0.5) is 0 Å². The zero-order chi connectivity index (χ0) is 32.3. The lowest BCUT2D eigenvalue weighted by atomic mass is 9.89. The van der Waals surface area contributed by atoms with Crippen LogP contribution < -0.4 is 0 Å². The summed E-state index contributed by atoms with van der Waals surface area (Å²) in [6.07, 6.45) is 0. The Kier molecular flexibility index (Phi) is 6.39. The fraction of sp³-hybridized carbons (Fsp3) is 0. The van der Waals surface area contributed by atoms with Crippen LogP contribution in [0.2, 0.25) is 0 Å². The average Bonchev–Trinajstić information content (AvgIpc) is 3.56. The monoisotopic (exact) mass is 640 g/mol. The molecule has 10 aromatic rings. The lowest BCUT2D eigenvalue weighted by molar-refractivity contribution is 1.19. The maximum Gasteiger partial charge on any atom is 0.160 e. The van der Waals surface area contributed by atoms with Crippen molar-refractivity contribution < 1.29 is 0 Å². The quantitative estimate of drug-likeness (QED) is 0.179. The van der Waals surface area contributed by atoms with E-state index in [9.17, 15) is 0 Å². The van der Waals surface area contributed by atoms with Crippen LogP contribution in [-0.4, -0.2) is 9.97 Å². The summed E-state index contributed by atoms with van der Waals surface area (Å²) in [5, 5.41) is 10.0. The molecule has 0 N–H and O–H groups in total. The van der Waals surface area contributed by atoms with Gasteiger partial charge in [0.05, 0.1) is 11.4 Å². The molecule has 0 spiro atoms. The summed E-state index contributed by atoms with van der Waals surface area (Å²) < 4.78 is 2.63. The minimum absolute atomic E-state index is 0.719. The van der Waals surface area contributed by atoms with E-state index in [1.807, 2.05) is 35.6 Å². The molecular weight excluding hydrogens is 613 g/mol. The number of thiophene rings is 1. The number of hydrogen-bond donors (Lipinski definition) is 0. The molecule has 0 aliphatic rings. The Balaban J connectivity index is 1.26. The molecule has 0 aliphatic heterocycles. The molecule has 0 fully saturated rings. The minimum atomic E-state index is 0.719. The minimum Gasteiger partial charge on any atom is -0.228 e. The van der Waals surface area contributed by atoms with Gasteiger partial charge in [0.2, 0.25) is 0 Å². The number of benzene rings is 8. The highest BCUT2D eigenvalue weighted by Gasteiger charge is 2.17. The Bertz CT molecular complexity index is 2810. The standard InChI is InChI=1S/C46H28N2S/c1-3-12-29(13-4-1)41-28-42(48-46(47-41)30-14-5-2-6-15-30)39-20-11-19-38-34-17-8-7-16-33(34)35-24-22-31(26-40(35)45(38)39)32-23-25-37-36-18-9-10-21-43(36)49-44(37)27-32/h1-28H. The van der Waals surface area contributed by atoms with Crippen molar-refractivity contribution >= 4 is 63.8 Å². The van der Waals surface area contributed by atoms with E-state index in [4.69, 9.17) is 9.97 Å². The molecule has 0 saturated heterocycles. The molecule has 0 bridgehead atoms. The Morgan fingerprint density at radius 2 is 0.898 bits per heavy atom. The third-order valence-corrected chi connectivity index (χ3v) is 10.8. The summed E-state index contributed by atoms with van der Waals surface area (Å²) in [5.41, 5.74) is 7.40. The molecule has 0 unspecified atom stereocenters. The maximum atomic E-state index is 5.26. The van der Waals surface area contributed by atoms with Gasteiger partial charge in [-0.05, 0) is 67.7 Å². The van der Waals surface area contributed by atoms with Crippen molar-refractivity contribution in [2.24, 2.45) is 0 Å². The van der Waals surface area contributed by atoms with E-state index in [1.54, 1.807) is 0 Å². The maximum absolute atomic E-state index is 5.26. The summed E-state index contributed by atoms with van der Waals surface area (Å²) >= 11 is 1.86. The van der Waals surface area contributed by atoms with Crippen molar-refractivity contribution in [1.29, 1.82) is 0 Å². The summed E-state index contributed by atoms with van der Waals surface area (Å²) in [4.78, 5) is 10.3. The zero-order valence-electron chi connectivity index (χ0n) is 26.5. The predicted molar refractivity (Wildman–Crippen MR) is 209 cm³/mol. The highest BCUT2D eigenvalue weighted by atomic mass is 32.1. The molecular formula is C46H28N2S. The topological polar surface area (TPSA) is 25.8 Å². The van der Waals surface area contributed by atoms with Gasteiger partial charge < -0.3 is 0 Å². The van der Waals surface area contributed by atoms with E-state index in [0.29, 0.717) is 0 Å². The number of nitrogens with zero attached hydrogens (tertiary/aromatic N) is 2. The molecule has 3 heteroatoms. The van der Waals surface area contributed by atoms with Crippen LogP contribution in [0.3, 0.4) is 0 Å². The molecule has 228 valence electrons. The van der Waals surface area contributed by atoms with Gasteiger partial charge in [-0.25, -0.2) is 9.97 Å². The number of rotatable bonds is 4. The highest BCUT2D eigenvalue weighted by Crippen LogP contribution is 2.43. The van der Waals surface area contributed by atoms with Crippen molar-refractivity contribution in [2.75, 3.05) is 0 Å². The first kappa shape index (κ1) is 27.9. The lowest BCUT2D eigenvalue weighted by Crippen LogP contribution is -1.97. The Morgan fingerprint density at radius 1 is 0.327 bits per heavy atom. The van der Waals surface area contributed by atoms with Crippen molar-refractivity contribution in [3.63, 3.8) is 0 Å². The first-order chi connectivity index (χ1) is 24.3. The second kappa shape index (κ2) is 11.2. The second-order valence-electron chi connectivity index (χ2n) is 12.5. The molecule has 0 aliphatic carbocycles. The van der Waals surface area contributed by atoms with Gasteiger partial charge in [0, 0.05) is 36.9 Å². The molecule has 2 heterocycles. The van der Waals surface area contributed by atoms with Crippen LogP contribution in [0, 0.1) is 0 Å². The van der Waals surface area contributed by atoms with Gasteiger partial charge in [-0.2, -0.15) is 0 Å². The van der Waals surface area contributed by atoms with Gasteiger partial charge in [-0.1, -0.05) is 146 Å². The molecule has 0 amide bonds. The molecule has 2 aromatic heterocycles. The fourth-order valence-corrected chi connectivity index (χ4v) is 8.51. The Morgan fingerprint density at radius 3 is 1.69 bits per heavy atom. The first-order valence-corrected chi connectivity index (χ1v) is 17.4. The predicted octanol–water partition coefficient (Wildman–Crippen LogP) is 13.0. The molecule has 2 nitrogen and oxygen atoms in total. The van der Waals surface area contributed by atoms with Gasteiger partial charge in [0.1, 0.15) is 0 Å². The normalized spacial score (nSPS) is 11.7. The fourth-order valence-electron chi connectivity index (χ4n) is 7.36. The van der Waals surface area contributed by atoms with Gasteiger partial charge in [0.25, 0.3) is 0 Å². The second-order valence-corrected chi connectivity index (χ2v) is 13.6. The van der Waals surface area contributed by atoms with Crippen LogP contribution in [0.1, 0.15) is 0 Å². The Labute approximate surface area is 287 Å². The molecule has 10 rings (SSSR count). The third kappa shape index (κ3) is 4.62. The van der Waals surface area contributed by atoms with Crippen LogP contribution in [0.15, 0.2) is 170 Å². The van der Waals surface area contributed by atoms with Crippen molar-refractivity contribution in [3.8, 4) is 45.0 Å². The van der Waals surface area contributed by atoms with Crippen LogP contribution in [0.25, 0.3) is 97.5 Å². The molecule has 8 aromatic carbocycles. The molecule has 0 radical (unpaired) electrons. The van der Waals surface area contributed by atoms with E-state index >= 15 is 0 Å². The van der Waals surface area contributed by atoms with E-state index < -0.39 is 0 Å². The number of aromatic nitrogens is 2. The summed E-state index contributed by atoms with van der Waals surface area (Å²) in [6.45, 7) is 0. The largest absolute Gasteiger partial charge is 0.228 e. The van der Waals surface area contributed by atoms with Gasteiger partial charge in [-0.3, -0.25) is 0 Å². The van der Waals surface area contributed by atoms with Gasteiger partial charge in [0.15, 0.2) is 5.82 Å². The SMILES string of the molecule is c1ccc(-c2cc(-c3cccc4c5ccccc5c5ccc(-c6ccc7c(c6)sc6ccccc67)cc5c34)nc(-c3ccccc3)n2)cc1. The van der Waals surface area contributed by atoms with E-state index in [-0.39, 0.29) is 0 Å². The first-order valence-electron chi connectivity index (χ1n) is 16.6. The van der Waals surface area contributed by atoms with E-state index in [0.717, 1.165) is 33.9 Å². The third-order valence-electron chi connectivity index (χ3n) is 9.68. The van der Waals surface area contributed by atoms with Crippen LogP contribution in [-0.2, 0) is 0 Å². The van der Waals surface area contributed by atoms with Gasteiger partial charge in [-0.15, -0.1) is 11.3 Å².